The third-order valence-corrected chi connectivity index (χ3v) is 4.97. The molecule has 0 aliphatic carbocycles. The number of aliphatic hydroxyl groups is 1. The minimum Gasteiger partial charge on any atom is -0.392 e. The Bertz CT molecular complexity index is 781. The highest BCUT2D eigenvalue weighted by Crippen LogP contribution is 2.26. The number of anilines is 1. The molecular formula is C13H12BrFN2O3S. The molecule has 2 aromatic rings. The molecule has 2 rings (SSSR count). The number of rotatable bonds is 4. The van der Waals surface area contributed by atoms with E-state index in [0.29, 0.717) is 10.2 Å². The zero-order chi connectivity index (χ0) is 15.6. The summed E-state index contributed by atoms with van der Waals surface area (Å²) in [6.07, 6.45) is 2.87. The van der Waals surface area contributed by atoms with Crippen LogP contribution in [0.5, 0.6) is 0 Å². The maximum absolute atomic E-state index is 13.8. The van der Waals surface area contributed by atoms with Crippen LogP contribution in [0.1, 0.15) is 11.1 Å². The van der Waals surface area contributed by atoms with E-state index in [2.05, 4.69) is 25.6 Å². The van der Waals surface area contributed by atoms with Crippen molar-refractivity contribution in [2.24, 2.45) is 0 Å². The van der Waals surface area contributed by atoms with E-state index in [4.69, 9.17) is 5.11 Å². The maximum Gasteiger partial charge on any atom is 0.262 e. The number of nitrogens with zero attached hydrogens (tertiary/aromatic N) is 1. The van der Waals surface area contributed by atoms with E-state index < -0.39 is 22.4 Å². The average molecular weight is 375 g/mol. The van der Waals surface area contributed by atoms with E-state index in [1.807, 2.05) is 0 Å². The summed E-state index contributed by atoms with van der Waals surface area (Å²) in [4.78, 5) is 3.62. The summed E-state index contributed by atoms with van der Waals surface area (Å²) in [7, 11) is -3.98. The van der Waals surface area contributed by atoms with Gasteiger partial charge < -0.3 is 5.11 Å². The van der Waals surface area contributed by atoms with Crippen molar-refractivity contribution >= 4 is 31.6 Å². The van der Waals surface area contributed by atoms with Crippen molar-refractivity contribution < 1.29 is 17.9 Å². The molecule has 2 N–H and O–H groups in total. The van der Waals surface area contributed by atoms with E-state index in [-0.39, 0.29) is 16.0 Å². The first-order valence-corrected chi connectivity index (χ1v) is 8.15. The number of pyridine rings is 1. The van der Waals surface area contributed by atoms with Gasteiger partial charge in [0.2, 0.25) is 0 Å². The molecule has 1 aromatic carbocycles. The molecular weight excluding hydrogens is 363 g/mol. The van der Waals surface area contributed by atoms with Gasteiger partial charge in [0.1, 0.15) is 5.82 Å². The zero-order valence-corrected chi connectivity index (χ0v) is 13.4. The Morgan fingerprint density at radius 1 is 1.43 bits per heavy atom. The predicted molar refractivity (Wildman–Crippen MR) is 79.8 cm³/mol. The van der Waals surface area contributed by atoms with Gasteiger partial charge in [0.05, 0.1) is 21.7 Å². The molecule has 112 valence electrons. The Hall–Kier alpha value is -1.51. The molecule has 0 bridgehead atoms. The first-order valence-electron chi connectivity index (χ1n) is 5.87. The number of aromatic nitrogens is 1. The SMILES string of the molecule is Cc1c(F)cc(CO)cc1S(=O)(=O)Nc1ccncc1Br. The molecule has 1 aromatic heterocycles. The Kier molecular flexibility index (Phi) is 4.60. The predicted octanol–water partition coefficient (Wildman–Crippen LogP) is 2.58. The lowest BCUT2D eigenvalue weighted by Gasteiger charge is -2.13. The number of hydrogen-bond donors (Lipinski definition) is 2. The van der Waals surface area contributed by atoms with Gasteiger partial charge >= 0.3 is 0 Å². The first-order chi connectivity index (χ1) is 9.85. The molecule has 0 saturated heterocycles. The van der Waals surface area contributed by atoms with Crippen molar-refractivity contribution in [1.29, 1.82) is 0 Å². The van der Waals surface area contributed by atoms with Crippen LogP contribution in [-0.2, 0) is 16.6 Å². The van der Waals surface area contributed by atoms with Crippen LogP contribution in [0.4, 0.5) is 10.1 Å². The molecule has 0 fully saturated rings. The van der Waals surface area contributed by atoms with E-state index in [9.17, 15) is 12.8 Å². The van der Waals surface area contributed by atoms with Crippen LogP contribution in [-0.4, -0.2) is 18.5 Å². The minimum absolute atomic E-state index is 0.00937. The largest absolute Gasteiger partial charge is 0.392 e. The number of hydrogen-bond acceptors (Lipinski definition) is 4. The van der Waals surface area contributed by atoms with Crippen molar-refractivity contribution in [3.63, 3.8) is 0 Å². The summed E-state index contributed by atoms with van der Waals surface area (Å²) < 4.78 is 41.4. The van der Waals surface area contributed by atoms with Gasteiger partial charge in [0.25, 0.3) is 10.0 Å². The van der Waals surface area contributed by atoms with Gasteiger partial charge in [-0.1, -0.05) is 0 Å². The zero-order valence-electron chi connectivity index (χ0n) is 11.0. The number of benzene rings is 1. The van der Waals surface area contributed by atoms with Crippen LogP contribution in [0.2, 0.25) is 0 Å². The van der Waals surface area contributed by atoms with Crippen molar-refractivity contribution in [1.82, 2.24) is 4.98 Å². The molecule has 0 unspecified atom stereocenters. The van der Waals surface area contributed by atoms with Gasteiger partial charge in [-0.25, -0.2) is 12.8 Å². The quantitative estimate of drug-likeness (QED) is 0.861. The van der Waals surface area contributed by atoms with E-state index in [1.54, 1.807) is 0 Å². The fourth-order valence-corrected chi connectivity index (χ4v) is 3.60. The highest BCUT2D eigenvalue weighted by atomic mass is 79.9. The Morgan fingerprint density at radius 3 is 2.76 bits per heavy atom. The van der Waals surface area contributed by atoms with Gasteiger partial charge in [-0.05, 0) is 46.6 Å². The molecule has 5 nitrogen and oxygen atoms in total. The smallest absolute Gasteiger partial charge is 0.262 e. The molecule has 21 heavy (non-hydrogen) atoms. The summed E-state index contributed by atoms with van der Waals surface area (Å²) in [5, 5.41) is 9.08. The molecule has 0 spiro atoms. The van der Waals surface area contributed by atoms with Crippen molar-refractivity contribution in [2.75, 3.05) is 4.72 Å². The number of halogens is 2. The number of aliphatic hydroxyl groups excluding tert-OH is 1. The lowest BCUT2D eigenvalue weighted by molar-refractivity contribution is 0.281. The second kappa shape index (κ2) is 6.08. The third kappa shape index (κ3) is 3.39. The van der Waals surface area contributed by atoms with E-state index in [1.165, 1.54) is 31.5 Å². The Balaban J connectivity index is 2.50. The van der Waals surface area contributed by atoms with Gasteiger partial charge in [-0.15, -0.1) is 0 Å². The lowest BCUT2D eigenvalue weighted by Crippen LogP contribution is -2.16. The van der Waals surface area contributed by atoms with Crippen LogP contribution in [0.3, 0.4) is 0 Å². The average Bonchev–Trinajstić information content (AvgIpc) is 2.43. The van der Waals surface area contributed by atoms with Gasteiger partial charge in [0, 0.05) is 18.0 Å². The normalized spacial score (nSPS) is 11.4. The van der Waals surface area contributed by atoms with Gasteiger partial charge in [-0.2, -0.15) is 0 Å². The molecule has 0 aliphatic rings. The number of nitrogens with one attached hydrogen (secondary N) is 1. The minimum atomic E-state index is -3.98. The highest BCUT2D eigenvalue weighted by molar-refractivity contribution is 9.10. The Morgan fingerprint density at radius 2 is 2.14 bits per heavy atom. The Labute approximate surface area is 130 Å². The molecule has 0 aliphatic heterocycles. The second-order valence-corrected chi connectivity index (χ2v) is 6.83. The fraction of sp³-hybridized carbons (Fsp3) is 0.154. The number of sulfonamides is 1. The van der Waals surface area contributed by atoms with Gasteiger partial charge in [-0.3, -0.25) is 9.71 Å². The summed E-state index contributed by atoms with van der Waals surface area (Å²) in [6.45, 7) is 0.922. The summed E-state index contributed by atoms with van der Waals surface area (Å²) in [6, 6.07) is 3.83. The van der Waals surface area contributed by atoms with E-state index >= 15 is 0 Å². The molecule has 8 heteroatoms. The van der Waals surface area contributed by atoms with Crippen molar-refractivity contribution in [2.45, 2.75) is 18.4 Å². The molecule has 0 radical (unpaired) electrons. The van der Waals surface area contributed by atoms with Crippen molar-refractivity contribution in [3.05, 3.63) is 52.0 Å². The van der Waals surface area contributed by atoms with Crippen LogP contribution in [0, 0.1) is 12.7 Å². The first kappa shape index (κ1) is 15.9. The third-order valence-electron chi connectivity index (χ3n) is 2.85. The van der Waals surface area contributed by atoms with Crippen LogP contribution < -0.4 is 4.72 Å². The lowest BCUT2D eigenvalue weighted by atomic mass is 10.1. The molecule has 0 saturated carbocycles. The van der Waals surface area contributed by atoms with Crippen LogP contribution in [0.15, 0.2) is 40.0 Å². The topological polar surface area (TPSA) is 79.3 Å². The molecule has 1 heterocycles. The van der Waals surface area contributed by atoms with Crippen molar-refractivity contribution in [3.8, 4) is 0 Å². The fourth-order valence-electron chi connectivity index (χ4n) is 1.74. The van der Waals surface area contributed by atoms with Gasteiger partial charge in [0.15, 0.2) is 0 Å². The van der Waals surface area contributed by atoms with Crippen LogP contribution in [0.25, 0.3) is 0 Å². The standard InChI is InChI=1S/C13H12BrFN2O3S/c1-8-11(15)4-9(7-18)5-13(8)21(19,20)17-12-2-3-16-6-10(12)14/h2-6,18H,7H2,1H3,(H,16,17). The summed E-state index contributed by atoms with van der Waals surface area (Å²) in [5.41, 5.74) is 0.469. The second-order valence-electron chi connectivity index (χ2n) is 4.32. The summed E-state index contributed by atoms with van der Waals surface area (Å²) >= 11 is 3.18. The highest BCUT2D eigenvalue weighted by Gasteiger charge is 2.21. The van der Waals surface area contributed by atoms with E-state index in [0.717, 1.165) is 6.07 Å². The molecule has 0 atom stereocenters. The summed E-state index contributed by atoms with van der Waals surface area (Å²) in [5.74, 6) is -0.685. The maximum atomic E-state index is 13.8. The monoisotopic (exact) mass is 374 g/mol. The van der Waals surface area contributed by atoms with Crippen LogP contribution >= 0.6 is 15.9 Å². The molecule has 0 amide bonds.